The summed E-state index contributed by atoms with van der Waals surface area (Å²) < 4.78 is 1.97. The number of rotatable bonds is 2. The predicted molar refractivity (Wildman–Crippen MR) is 81.9 cm³/mol. The van der Waals surface area contributed by atoms with Crippen LogP contribution in [0.1, 0.15) is 11.3 Å². The Balaban J connectivity index is 2.60. The summed E-state index contributed by atoms with van der Waals surface area (Å²) in [7, 11) is 1.85. The lowest BCUT2D eigenvalue weighted by Crippen LogP contribution is -2.01. The average Bonchev–Trinajstić information content (AvgIpc) is 2.32. The molecule has 0 radical (unpaired) electrons. The summed E-state index contributed by atoms with van der Waals surface area (Å²) in [5, 5.41) is 3.07. The maximum absolute atomic E-state index is 4.53. The fourth-order valence-electron chi connectivity index (χ4n) is 1.72. The molecule has 2 aromatic rings. The lowest BCUT2D eigenvalue weighted by atomic mass is 10.1. The molecule has 0 aliphatic heterocycles. The largest absolute Gasteiger partial charge is 0.372 e. The maximum atomic E-state index is 4.53. The Morgan fingerprint density at radius 1 is 1.11 bits per heavy atom. The minimum atomic E-state index is 0.741. The first-order valence-corrected chi connectivity index (χ1v) is 7.10. The van der Waals surface area contributed by atoms with Crippen molar-refractivity contribution in [3.63, 3.8) is 0 Å². The van der Waals surface area contributed by atoms with Gasteiger partial charge in [0.05, 0.1) is 10.2 Å². The first kappa shape index (κ1) is 13.5. The SMILES string of the molecule is CNc1nc(-c2ccc(Br)cc2C)nc(C)c1Br. The van der Waals surface area contributed by atoms with Gasteiger partial charge in [-0.25, -0.2) is 9.97 Å². The summed E-state index contributed by atoms with van der Waals surface area (Å²) in [6, 6.07) is 6.10. The second kappa shape index (κ2) is 5.36. The van der Waals surface area contributed by atoms with Gasteiger partial charge in [-0.05, 0) is 53.5 Å². The average molecular weight is 371 g/mol. The van der Waals surface area contributed by atoms with Crippen LogP contribution in [0.4, 0.5) is 5.82 Å². The smallest absolute Gasteiger partial charge is 0.162 e. The van der Waals surface area contributed by atoms with E-state index in [1.165, 1.54) is 0 Å². The normalized spacial score (nSPS) is 10.5. The number of aromatic nitrogens is 2. The van der Waals surface area contributed by atoms with E-state index >= 15 is 0 Å². The molecule has 3 nitrogen and oxygen atoms in total. The maximum Gasteiger partial charge on any atom is 0.162 e. The molecule has 1 aromatic heterocycles. The number of nitrogens with one attached hydrogen (secondary N) is 1. The van der Waals surface area contributed by atoms with E-state index in [9.17, 15) is 0 Å². The number of aryl methyl sites for hydroxylation is 2. The molecule has 1 heterocycles. The lowest BCUT2D eigenvalue weighted by molar-refractivity contribution is 1.09. The van der Waals surface area contributed by atoms with Crippen molar-refractivity contribution in [1.29, 1.82) is 0 Å². The first-order chi connectivity index (χ1) is 8.52. The van der Waals surface area contributed by atoms with Crippen molar-refractivity contribution in [2.45, 2.75) is 13.8 Å². The second-order valence-corrected chi connectivity index (χ2v) is 5.71. The highest BCUT2D eigenvalue weighted by Crippen LogP contribution is 2.28. The molecule has 0 spiro atoms. The van der Waals surface area contributed by atoms with Crippen molar-refractivity contribution in [1.82, 2.24) is 9.97 Å². The summed E-state index contributed by atoms with van der Waals surface area (Å²) in [5.41, 5.74) is 3.12. The van der Waals surface area contributed by atoms with Gasteiger partial charge >= 0.3 is 0 Å². The van der Waals surface area contributed by atoms with E-state index in [0.29, 0.717) is 0 Å². The minimum absolute atomic E-state index is 0.741. The molecule has 0 saturated heterocycles. The van der Waals surface area contributed by atoms with Gasteiger partial charge < -0.3 is 5.32 Å². The molecule has 0 fully saturated rings. The molecule has 0 aliphatic rings. The molecule has 0 amide bonds. The van der Waals surface area contributed by atoms with Crippen LogP contribution in [0.5, 0.6) is 0 Å². The molecule has 0 saturated carbocycles. The molecule has 18 heavy (non-hydrogen) atoms. The zero-order valence-electron chi connectivity index (χ0n) is 10.4. The van der Waals surface area contributed by atoms with E-state index in [2.05, 4.69) is 60.1 Å². The van der Waals surface area contributed by atoms with Crippen LogP contribution < -0.4 is 5.32 Å². The quantitative estimate of drug-likeness (QED) is 0.854. The van der Waals surface area contributed by atoms with Gasteiger partial charge in [0.15, 0.2) is 5.82 Å². The Kier molecular flexibility index (Phi) is 4.02. The van der Waals surface area contributed by atoms with Crippen molar-refractivity contribution in [3.05, 3.63) is 38.4 Å². The van der Waals surface area contributed by atoms with Crippen molar-refractivity contribution in [2.24, 2.45) is 0 Å². The molecule has 0 aliphatic carbocycles. The highest BCUT2D eigenvalue weighted by atomic mass is 79.9. The third-order valence-corrected chi connectivity index (χ3v) is 4.13. The fraction of sp³-hybridized carbons (Fsp3) is 0.231. The Morgan fingerprint density at radius 3 is 2.44 bits per heavy atom. The van der Waals surface area contributed by atoms with Crippen molar-refractivity contribution in [2.75, 3.05) is 12.4 Å². The summed E-state index contributed by atoms with van der Waals surface area (Å²) in [4.78, 5) is 9.06. The van der Waals surface area contributed by atoms with Crippen LogP contribution in [0, 0.1) is 13.8 Å². The van der Waals surface area contributed by atoms with Crippen LogP contribution in [0.3, 0.4) is 0 Å². The number of hydrogen-bond acceptors (Lipinski definition) is 3. The zero-order chi connectivity index (χ0) is 13.3. The topological polar surface area (TPSA) is 37.8 Å². The van der Waals surface area contributed by atoms with Gasteiger partial charge in [-0.1, -0.05) is 15.9 Å². The Labute approximate surface area is 123 Å². The van der Waals surface area contributed by atoms with E-state index in [4.69, 9.17) is 0 Å². The summed E-state index contributed by atoms with van der Waals surface area (Å²) in [6.45, 7) is 4.02. The van der Waals surface area contributed by atoms with Gasteiger partial charge in [0.1, 0.15) is 5.82 Å². The van der Waals surface area contributed by atoms with Gasteiger partial charge in [0, 0.05) is 17.1 Å². The Morgan fingerprint density at radius 2 is 1.83 bits per heavy atom. The molecule has 0 bridgehead atoms. The van der Waals surface area contributed by atoms with Gasteiger partial charge in [-0.3, -0.25) is 0 Å². The third kappa shape index (κ3) is 2.57. The molecule has 5 heteroatoms. The number of halogens is 2. The van der Waals surface area contributed by atoms with Crippen LogP contribution in [0.25, 0.3) is 11.4 Å². The molecular formula is C13H13Br2N3. The Hall–Kier alpha value is -0.940. The van der Waals surface area contributed by atoms with Crippen LogP contribution >= 0.6 is 31.9 Å². The molecule has 0 atom stereocenters. The monoisotopic (exact) mass is 369 g/mol. The number of benzene rings is 1. The minimum Gasteiger partial charge on any atom is -0.372 e. The standard InChI is InChI=1S/C13H13Br2N3/c1-7-6-9(14)4-5-10(7)12-17-8(2)11(15)13(16-3)18-12/h4-6H,1-3H3,(H,16,17,18). The van der Waals surface area contributed by atoms with Crippen LogP contribution in [-0.2, 0) is 0 Å². The highest BCUT2D eigenvalue weighted by Gasteiger charge is 2.11. The molecule has 0 unspecified atom stereocenters. The van der Waals surface area contributed by atoms with Crippen LogP contribution in [0.15, 0.2) is 27.1 Å². The predicted octanol–water partition coefficient (Wildman–Crippen LogP) is 4.33. The molecular weight excluding hydrogens is 358 g/mol. The number of nitrogens with zero attached hydrogens (tertiary/aromatic N) is 2. The summed E-state index contributed by atoms with van der Waals surface area (Å²) >= 11 is 6.94. The van der Waals surface area contributed by atoms with Crippen molar-refractivity contribution < 1.29 is 0 Å². The highest BCUT2D eigenvalue weighted by molar-refractivity contribution is 9.11. The first-order valence-electron chi connectivity index (χ1n) is 5.51. The van der Waals surface area contributed by atoms with E-state index in [0.717, 1.165) is 37.4 Å². The van der Waals surface area contributed by atoms with Gasteiger partial charge in [0.2, 0.25) is 0 Å². The number of hydrogen-bond donors (Lipinski definition) is 1. The van der Waals surface area contributed by atoms with Crippen LogP contribution in [-0.4, -0.2) is 17.0 Å². The Bertz CT molecular complexity index is 597. The van der Waals surface area contributed by atoms with E-state index < -0.39 is 0 Å². The van der Waals surface area contributed by atoms with Gasteiger partial charge in [-0.15, -0.1) is 0 Å². The molecule has 94 valence electrons. The van der Waals surface area contributed by atoms with Gasteiger partial charge in [-0.2, -0.15) is 0 Å². The van der Waals surface area contributed by atoms with E-state index in [1.807, 2.05) is 26.1 Å². The third-order valence-electron chi connectivity index (χ3n) is 2.68. The summed E-state index contributed by atoms with van der Waals surface area (Å²) in [6.07, 6.45) is 0. The fourth-order valence-corrected chi connectivity index (χ4v) is 2.57. The number of anilines is 1. The summed E-state index contributed by atoms with van der Waals surface area (Å²) in [5.74, 6) is 1.55. The van der Waals surface area contributed by atoms with Gasteiger partial charge in [0.25, 0.3) is 0 Å². The van der Waals surface area contributed by atoms with Crippen molar-refractivity contribution >= 4 is 37.7 Å². The zero-order valence-corrected chi connectivity index (χ0v) is 13.6. The van der Waals surface area contributed by atoms with Crippen molar-refractivity contribution in [3.8, 4) is 11.4 Å². The molecule has 1 N–H and O–H groups in total. The molecule has 2 rings (SSSR count). The van der Waals surface area contributed by atoms with E-state index in [1.54, 1.807) is 0 Å². The second-order valence-electron chi connectivity index (χ2n) is 4.00. The lowest BCUT2D eigenvalue weighted by Gasteiger charge is -2.10. The molecule has 1 aromatic carbocycles. The van der Waals surface area contributed by atoms with E-state index in [-0.39, 0.29) is 0 Å². The van der Waals surface area contributed by atoms with Crippen LogP contribution in [0.2, 0.25) is 0 Å².